The molecule has 1 heterocycles. The van der Waals surface area contributed by atoms with Crippen molar-refractivity contribution in [2.45, 2.75) is 19.4 Å². The molecule has 10 heavy (non-hydrogen) atoms. The second kappa shape index (κ2) is 3.28. The SMILES string of the molecule is CCC(ON)c1ncn[nH]1. The van der Waals surface area contributed by atoms with Gasteiger partial charge in [0.2, 0.25) is 0 Å². The summed E-state index contributed by atoms with van der Waals surface area (Å²) in [5.74, 6) is 5.66. The number of hydrogen-bond acceptors (Lipinski definition) is 4. The first-order valence-corrected chi connectivity index (χ1v) is 3.09. The maximum atomic E-state index is 4.99. The van der Waals surface area contributed by atoms with Crippen LogP contribution < -0.4 is 5.90 Å². The maximum Gasteiger partial charge on any atom is 0.155 e. The molecule has 1 aromatic heterocycles. The highest BCUT2D eigenvalue weighted by Gasteiger charge is 2.10. The Bertz CT molecular complexity index is 170. The predicted octanol–water partition coefficient (Wildman–Crippen LogP) is 0.146. The fraction of sp³-hybridized carbons (Fsp3) is 0.600. The first kappa shape index (κ1) is 7.17. The van der Waals surface area contributed by atoms with Gasteiger partial charge < -0.3 is 0 Å². The summed E-state index contributed by atoms with van der Waals surface area (Å²) in [5.41, 5.74) is 0. The van der Waals surface area contributed by atoms with Crippen molar-refractivity contribution in [3.05, 3.63) is 12.2 Å². The third-order valence-electron chi connectivity index (χ3n) is 1.27. The molecule has 0 amide bonds. The number of nitrogens with two attached hydrogens (primary N) is 1. The molecule has 0 fully saturated rings. The monoisotopic (exact) mass is 142 g/mol. The highest BCUT2D eigenvalue weighted by molar-refractivity contribution is 4.85. The van der Waals surface area contributed by atoms with Gasteiger partial charge in [0.1, 0.15) is 12.4 Å². The molecule has 0 aliphatic carbocycles. The van der Waals surface area contributed by atoms with Crippen LogP contribution in [0.25, 0.3) is 0 Å². The third-order valence-corrected chi connectivity index (χ3v) is 1.27. The molecular weight excluding hydrogens is 132 g/mol. The molecule has 1 aromatic rings. The van der Waals surface area contributed by atoms with Crippen LogP contribution in [0.1, 0.15) is 25.3 Å². The summed E-state index contributed by atoms with van der Waals surface area (Å²) < 4.78 is 0. The smallest absolute Gasteiger partial charge is 0.155 e. The topological polar surface area (TPSA) is 76.8 Å². The predicted molar refractivity (Wildman–Crippen MR) is 34.7 cm³/mol. The van der Waals surface area contributed by atoms with E-state index in [2.05, 4.69) is 20.0 Å². The number of rotatable bonds is 3. The highest BCUT2D eigenvalue weighted by Crippen LogP contribution is 2.12. The van der Waals surface area contributed by atoms with Crippen LogP contribution in [-0.4, -0.2) is 15.2 Å². The molecule has 1 unspecified atom stereocenters. The van der Waals surface area contributed by atoms with Gasteiger partial charge in [0, 0.05) is 0 Å². The average Bonchev–Trinajstić information content (AvgIpc) is 2.43. The van der Waals surface area contributed by atoms with E-state index < -0.39 is 0 Å². The van der Waals surface area contributed by atoms with Gasteiger partial charge in [-0.1, -0.05) is 6.92 Å². The van der Waals surface area contributed by atoms with Gasteiger partial charge in [0.25, 0.3) is 0 Å². The number of H-pyrrole nitrogens is 1. The van der Waals surface area contributed by atoms with Crippen LogP contribution in [0, 0.1) is 0 Å². The molecule has 56 valence electrons. The molecule has 0 saturated carbocycles. The molecule has 1 atom stereocenters. The Labute approximate surface area is 58.6 Å². The molecule has 0 saturated heterocycles. The van der Waals surface area contributed by atoms with Crippen molar-refractivity contribution < 1.29 is 4.84 Å². The minimum atomic E-state index is -0.164. The molecule has 0 radical (unpaired) electrons. The molecule has 3 N–H and O–H groups in total. The molecular formula is C5H10N4O. The van der Waals surface area contributed by atoms with E-state index in [4.69, 9.17) is 5.90 Å². The second-order valence-electron chi connectivity index (χ2n) is 1.90. The third kappa shape index (κ3) is 1.31. The van der Waals surface area contributed by atoms with Gasteiger partial charge in [-0.05, 0) is 6.42 Å². The van der Waals surface area contributed by atoms with Gasteiger partial charge in [-0.3, -0.25) is 9.94 Å². The lowest BCUT2D eigenvalue weighted by Crippen LogP contribution is -2.09. The highest BCUT2D eigenvalue weighted by atomic mass is 16.6. The van der Waals surface area contributed by atoms with Crippen LogP contribution >= 0.6 is 0 Å². The van der Waals surface area contributed by atoms with E-state index in [1.807, 2.05) is 6.92 Å². The zero-order valence-electron chi connectivity index (χ0n) is 5.74. The largest absolute Gasteiger partial charge is 0.293 e. The summed E-state index contributed by atoms with van der Waals surface area (Å²) in [4.78, 5) is 8.50. The molecule has 5 heteroatoms. The maximum absolute atomic E-state index is 4.99. The van der Waals surface area contributed by atoms with Crippen molar-refractivity contribution in [3.63, 3.8) is 0 Å². The summed E-state index contributed by atoms with van der Waals surface area (Å²) >= 11 is 0. The fourth-order valence-electron chi connectivity index (χ4n) is 0.724. The van der Waals surface area contributed by atoms with E-state index in [1.165, 1.54) is 6.33 Å². The molecule has 0 bridgehead atoms. The first-order chi connectivity index (χ1) is 4.88. The van der Waals surface area contributed by atoms with Gasteiger partial charge in [0.15, 0.2) is 5.82 Å². The van der Waals surface area contributed by atoms with Crippen LogP contribution in [0.5, 0.6) is 0 Å². The van der Waals surface area contributed by atoms with E-state index in [0.29, 0.717) is 5.82 Å². The first-order valence-electron chi connectivity index (χ1n) is 3.09. The van der Waals surface area contributed by atoms with Gasteiger partial charge in [-0.15, -0.1) is 0 Å². The minimum absolute atomic E-state index is 0.164. The number of aromatic amines is 1. The van der Waals surface area contributed by atoms with E-state index in [9.17, 15) is 0 Å². The zero-order valence-corrected chi connectivity index (χ0v) is 5.74. The molecule has 0 aliphatic heterocycles. The summed E-state index contributed by atoms with van der Waals surface area (Å²) in [6.07, 6.45) is 2.05. The molecule has 1 rings (SSSR count). The number of hydrogen-bond donors (Lipinski definition) is 2. The van der Waals surface area contributed by atoms with Crippen LogP contribution in [-0.2, 0) is 4.84 Å². The normalized spacial score (nSPS) is 13.4. The molecule has 0 aliphatic rings. The van der Waals surface area contributed by atoms with Crippen molar-refractivity contribution in [3.8, 4) is 0 Å². The van der Waals surface area contributed by atoms with Crippen molar-refractivity contribution >= 4 is 0 Å². The Morgan fingerprint density at radius 1 is 1.90 bits per heavy atom. The minimum Gasteiger partial charge on any atom is -0.293 e. The van der Waals surface area contributed by atoms with Crippen LogP contribution in [0.15, 0.2) is 6.33 Å². The van der Waals surface area contributed by atoms with Crippen molar-refractivity contribution in [2.75, 3.05) is 0 Å². The average molecular weight is 142 g/mol. The Hall–Kier alpha value is -0.940. The van der Waals surface area contributed by atoms with Crippen LogP contribution in [0.4, 0.5) is 0 Å². The van der Waals surface area contributed by atoms with E-state index in [0.717, 1.165) is 6.42 Å². The lowest BCUT2D eigenvalue weighted by Gasteiger charge is -2.06. The van der Waals surface area contributed by atoms with Gasteiger partial charge in [-0.2, -0.15) is 5.10 Å². The number of nitrogens with zero attached hydrogens (tertiary/aromatic N) is 2. The second-order valence-corrected chi connectivity index (χ2v) is 1.90. The number of nitrogens with one attached hydrogen (secondary N) is 1. The fourth-order valence-corrected chi connectivity index (χ4v) is 0.724. The number of aromatic nitrogens is 3. The van der Waals surface area contributed by atoms with E-state index >= 15 is 0 Å². The standard InChI is InChI=1S/C5H10N4O/c1-2-4(10-6)5-7-3-8-9-5/h3-4H,2,6H2,1H3,(H,7,8,9). The quantitative estimate of drug-likeness (QED) is 0.589. The Kier molecular flexibility index (Phi) is 2.35. The summed E-state index contributed by atoms with van der Waals surface area (Å²) in [7, 11) is 0. The Morgan fingerprint density at radius 2 is 2.70 bits per heavy atom. The van der Waals surface area contributed by atoms with E-state index in [-0.39, 0.29) is 6.10 Å². The molecule has 0 aromatic carbocycles. The summed E-state index contributed by atoms with van der Waals surface area (Å²) in [6.45, 7) is 1.96. The van der Waals surface area contributed by atoms with Gasteiger partial charge in [-0.25, -0.2) is 10.9 Å². The van der Waals surface area contributed by atoms with Crippen molar-refractivity contribution in [1.82, 2.24) is 15.2 Å². The van der Waals surface area contributed by atoms with Crippen molar-refractivity contribution in [2.24, 2.45) is 5.90 Å². The summed E-state index contributed by atoms with van der Waals surface area (Å²) in [6, 6.07) is 0. The van der Waals surface area contributed by atoms with Crippen LogP contribution in [0.3, 0.4) is 0 Å². The molecule has 0 spiro atoms. The Morgan fingerprint density at radius 3 is 3.10 bits per heavy atom. The van der Waals surface area contributed by atoms with Gasteiger partial charge >= 0.3 is 0 Å². The van der Waals surface area contributed by atoms with E-state index in [1.54, 1.807) is 0 Å². The van der Waals surface area contributed by atoms with Gasteiger partial charge in [0.05, 0.1) is 0 Å². The summed E-state index contributed by atoms with van der Waals surface area (Å²) in [5, 5.41) is 6.34. The lowest BCUT2D eigenvalue weighted by molar-refractivity contribution is 0.0441. The van der Waals surface area contributed by atoms with Crippen LogP contribution in [0.2, 0.25) is 0 Å². The van der Waals surface area contributed by atoms with Crippen molar-refractivity contribution in [1.29, 1.82) is 0 Å². The molecule has 5 nitrogen and oxygen atoms in total. The zero-order chi connectivity index (χ0) is 7.40. The Balaban J connectivity index is 2.64. The lowest BCUT2D eigenvalue weighted by atomic mass is 10.3.